The zero-order valence-electron chi connectivity index (χ0n) is 20.1. The molecule has 0 radical (unpaired) electrons. The first kappa shape index (κ1) is 29.9. The molecule has 39 heavy (non-hydrogen) atoms. The van der Waals surface area contributed by atoms with E-state index < -0.39 is 49.6 Å². The van der Waals surface area contributed by atoms with Crippen molar-refractivity contribution in [2.75, 3.05) is 16.3 Å². The fourth-order valence-corrected chi connectivity index (χ4v) is 4.99. The Bertz CT molecular complexity index is 1610. The summed E-state index contributed by atoms with van der Waals surface area (Å²) in [5.41, 5.74) is -1.21. The highest BCUT2D eigenvalue weighted by molar-refractivity contribution is 7.92. The molecule has 0 saturated carbocycles. The number of nitrogens with one attached hydrogen (secondary N) is 2. The molecule has 0 spiro atoms. The summed E-state index contributed by atoms with van der Waals surface area (Å²) in [5, 5.41) is 2.13. The number of hydrogen-bond donors (Lipinski definition) is 2. The maximum Gasteiger partial charge on any atom is 0.416 e. The Morgan fingerprint density at radius 3 is 1.95 bits per heavy atom. The van der Waals surface area contributed by atoms with Gasteiger partial charge in [0.15, 0.2) is 15.9 Å². The minimum Gasteiger partial charge on any atom is -0.449 e. The fourth-order valence-electron chi connectivity index (χ4n) is 3.08. The van der Waals surface area contributed by atoms with Crippen molar-refractivity contribution in [2.45, 2.75) is 29.0 Å². The number of sulfone groups is 1. The molecular formula is C24H20ClF3N2O7S2. The van der Waals surface area contributed by atoms with Gasteiger partial charge in [0, 0.05) is 17.6 Å². The molecule has 3 rings (SSSR count). The third-order valence-electron chi connectivity index (χ3n) is 5.14. The van der Waals surface area contributed by atoms with Gasteiger partial charge in [0.2, 0.25) is 0 Å². The van der Waals surface area contributed by atoms with Crippen molar-refractivity contribution in [2.24, 2.45) is 0 Å². The van der Waals surface area contributed by atoms with Gasteiger partial charge in [-0.1, -0.05) is 11.6 Å². The predicted molar refractivity (Wildman–Crippen MR) is 137 cm³/mol. The van der Waals surface area contributed by atoms with Crippen LogP contribution in [0, 0.1) is 0 Å². The van der Waals surface area contributed by atoms with E-state index in [-0.39, 0.29) is 31.8 Å². The van der Waals surface area contributed by atoms with Crippen LogP contribution in [-0.4, -0.2) is 41.1 Å². The second kappa shape index (κ2) is 11.2. The Morgan fingerprint density at radius 2 is 1.41 bits per heavy atom. The summed E-state index contributed by atoms with van der Waals surface area (Å²) in [7, 11) is -7.75. The van der Waals surface area contributed by atoms with E-state index in [9.17, 15) is 39.6 Å². The second-order valence-corrected chi connectivity index (χ2v) is 12.3. The Hall–Kier alpha value is -3.62. The van der Waals surface area contributed by atoms with Gasteiger partial charge in [-0.2, -0.15) is 13.2 Å². The summed E-state index contributed by atoms with van der Waals surface area (Å²) in [6, 6.07) is 11.7. The highest BCUT2D eigenvalue weighted by Gasteiger charge is 2.30. The van der Waals surface area contributed by atoms with Crippen LogP contribution >= 0.6 is 11.6 Å². The van der Waals surface area contributed by atoms with E-state index in [1.54, 1.807) is 0 Å². The molecule has 2 N–H and O–H groups in total. The number of benzene rings is 3. The summed E-state index contributed by atoms with van der Waals surface area (Å²) in [6.07, 6.45) is -4.98. The Balaban J connectivity index is 1.72. The molecule has 15 heteroatoms. The molecule has 0 fully saturated rings. The number of amides is 1. The number of rotatable bonds is 8. The van der Waals surface area contributed by atoms with Gasteiger partial charge in [-0.05, 0) is 73.7 Å². The van der Waals surface area contributed by atoms with Gasteiger partial charge in [-0.25, -0.2) is 21.6 Å². The van der Waals surface area contributed by atoms with Crippen molar-refractivity contribution in [1.82, 2.24) is 0 Å². The third-order valence-corrected chi connectivity index (χ3v) is 7.97. The van der Waals surface area contributed by atoms with Crippen molar-refractivity contribution >= 4 is 54.7 Å². The molecule has 0 bridgehead atoms. The first-order valence-electron chi connectivity index (χ1n) is 10.8. The van der Waals surface area contributed by atoms with Gasteiger partial charge >= 0.3 is 12.1 Å². The number of carbonyl (C=O) groups excluding carboxylic acids is 2. The quantitative estimate of drug-likeness (QED) is 0.354. The van der Waals surface area contributed by atoms with Crippen LogP contribution in [0.5, 0.6) is 0 Å². The first-order chi connectivity index (χ1) is 18.0. The lowest BCUT2D eigenvalue weighted by Gasteiger charge is -2.15. The number of carbonyl (C=O) groups is 2. The number of esters is 1. The van der Waals surface area contributed by atoms with Crippen LogP contribution in [0.2, 0.25) is 5.02 Å². The van der Waals surface area contributed by atoms with Gasteiger partial charge < -0.3 is 10.1 Å². The fraction of sp³-hybridized carbons (Fsp3) is 0.167. The lowest BCUT2D eigenvalue weighted by atomic mass is 10.2. The zero-order chi connectivity index (χ0) is 29.2. The van der Waals surface area contributed by atoms with Crippen LogP contribution in [-0.2, 0) is 35.6 Å². The summed E-state index contributed by atoms with van der Waals surface area (Å²) >= 11 is 6.04. The maximum atomic E-state index is 12.8. The Labute approximate surface area is 226 Å². The predicted octanol–water partition coefficient (Wildman–Crippen LogP) is 4.75. The van der Waals surface area contributed by atoms with Crippen LogP contribution in [0.25, 0.3) is 0 Å². The number of sulfonamides is 1. The lowest BCUT2D eigenvalue weighted by Crippen LogP contribution is -2.30. The lowest BCUT2D eigenvalue weighted by molar-refractivity contribution is -0.137. The average molecular weight is 605 g/mol. The zero-order valence-corrected chi connectivity index (χ0v) is 22.5. The monoisotopic (exact) mass is 604 g/mol. The first-order valence-corrected chi connectivity index (χ1v) is 14.5. The van der Waals surface area contributed by atoms with E-state index in [0.717, 1.165) is 48.7 Å². The number of halogens is 4. The van der Waals surface area contributed by atoms with E-state index in [4.69, 9.17) is 16.3 Å². The van der Waals surface area contributed by atoms with Crippen molar-refractivity contribution in [3.63, 3.8) is 0 Å². The van der Waals surface area contributed by atoms with E-state index in [1.807, 2.05) is 0 Å². The molecule has 9 nitrogen and oxygen atoms in total. The Morgan fingerprint density at radius 1 is 0.872 bits per heavy atom. The molecule has 1 atom stereocenters. The van der Waals surface area contributed by atoms with Gasteiger partial charge in [-0.3, -0.25) is 9.52 Å². The highest BCUT2D eigenvalue weighted by Crippen LogP contribution is 2.30. The van der Waals surface area contributed by atoms with E-state index in [0.29, 0.717) is 0 Å². The molecule has 0 aliphatic heterocycles. The minimum atomic E-state index is -4.55. The molecule has 0 aromatic heterocycles. The molecule has 208 valence electrons. The highest BCUT2D eigenvalue weighted by atomic mass is 35.5. The van der Waals surface area contributed by atoms with Crippen molar-refractivity contribution in [3.05, 3.63) is 82.9 Å². The molecule has 0 saturated heterocycles. The summed E-state index contributed by atoms with van der Waals surface area (Å²) < 4.78 is 94.2. The maximum absolute atomic E-state index is 12.8. The number of anilines is 2. The standard InChI is InChI=1S/C24H20ClF3N2O7S2/c1-14(22(31)29-16-5-3-15(4-6-16)24(26,27)28)37-23(32)20-13-19(11-12-21(20)25)39(35,36)30-17-7-9-18(10-8-17)38(2,33)34/h3-14,30H,1-2H3,(H,29,31)/t14-/m1/s1. The van der Waals surface area contributed by atoms with E-state index in [1.165, 1.54) is 31.2 Å². The van der Waals surface area contributed by atoms with Gasteiger partial charge in [0.1, 0.15) is 0 Å². The van der Waals surface area contributed by atoms with Crippen molar-refractivity contribution in [1.29, 1.82) is 0 Å². The number of hydrogen-bond acceptors (Lipinski definition) is 7. The number of ether oxygens (including phenoxy) is 1. The average Bonchev–Trinajstić information content (AvgIpc) is 2.83. The van der Waals surface area contributed by atoms with Crippen LogP contribution < -0.4 is 10.0 Å². The van der Waals surface area contributed by atoms with Crippen LogP contribution in [0.1, 0.15) is 22.8 Å². The normalized spacial score (nSPS) is 12.9. The van der Waals surface area contributed by atoms with E-state index in [2.05, 4.69) is 10.0 Å². The van der Waals surface area contributed by atoms with Gasteiger partial charge in [0.25, 0.3) is 15.9 Å². The summed E-state index contributed by atoms with van der Waals surface area (Å²) in [4.78, 5) is 24.7. The smallest absolute Gasteiger partial charge is 0.416 e. The van der Waals surface area contributed by atoms with Crippen molar-refractivity contribution < 1.29 is 44.3 Å². The summed E-state index contributed by atoms with van der Waals surface area (Å²) in [6.45, 7) is 1.20. The van der Waals surface area contributed by atoms with E-state index >= 15 is 0 Å². The topological polar surface area (TPSA) is 136 Å². The van der Waals surface area contributed by atoms with Crippen molar-refractivity contribution in [3.8, 4) is 0 Å². The van der Waals surface area contributed by atoms with Crippen LogP contribution in [0.15, 0.2) is 76.5 Å². The minimum absolute atomic E-state index is 0.0153. The molecule has 0 aliphatic carbocycles. The second-order valence-electron chi connectivity index (χ2n) is 8.16. The molecule has 0 unspecified atom stereocenters. The van der Waals surface area contributed by atoms with Gasteiger partial charge in [0.05, 0.1) is 25.9 Å². The molecule has 0 aliphatic rings. The molecule has 0 heterocycles. The summed E-state index contributed by atoms with van der Waals surface area (Å²) in [5.74, 6) is -1.99. The third kappa shape index (κ3) is 7.71. The van der Waals surface area contributed by atoms with Crippen LogP contribution in [0.4, 0.5) is 24.5 Å². The molecular weight excluding hydrogens is 585 g/mol. The van der Waals surface area contributed by atoms with Crippen LogP contribution in [0.3, 0.4) is 0 Å². The molecule has 1 amide bonds. The Kier molecular flexibility index (Phi) is 8.63. The van der Waals surface area contributed by atoms with Gasteiger partial charge in [-0.15, -0.1) is 0 Å². The molecule has 3 aromatic carbocycles. The molecule has 3 aromatic rings. The SMILES string of the molecule is C[C@@H](OC(=O)c1cc(S(=O)(=O)Nc2ccc(S(C)(=O)=O)cc2)ccc1Cl)C(=O)Nc1ccc(C(F)(F)F)cc1. The largest absolute Gasteiger partial charge is 0.449 e. The number of alkyl halides is 3.